The molecule has 0 aromatic heterocycles. The zero-order valence-electron chi connectivity index (χ0n) is 45.3. The van der Waals surface area contributed by atoms with Crippen LogP contribution in [0.15, 0.2) is 120 Å². The van der Waals surface area contributed by atoms with Gasteiger partial charge < -0.3 is 44.1 Å². The lowest BCUT2D eigenvalue weighted by Gasteiger charge is -2.59. The van der Waals surface area contributed by atoms with E-state index in [0.717, 1.165) is 78.0 Å². The fourth-order valence-corrected chi connectivity index (χ4v) is 11.8. The molecule has 3 N–H and O–H groups in total. The summed E-state index contributed by atoms with van der Waals surface area (Å²) in [5.74, 6) is -1.49. The van der Waals surface area contributed by atoms with E-state index in [2.05, 4.69) is 43.1 Å². The van der Waals surface area contributed by atoms with Crippen molar-refractivity contribution in [1.82, 2.24) is 10.2 Å². The van der Waals surface area contributed by atoms with Crippen LogP contribution in [-0.4, -0.2) is 91.0 Å². The maximum Gasteiger partial charge on any atom is 0.412 e. The van der Waals surface area contributed by atoms with Gasteiger partial charge in [-0.3, -0.25) is 4.90 Å². The number of carbonyl (C=O) groups is 2. The maximum atomic E-state index is 15.2. The zero-order chi connectivity index (χ0) is 53.4. The van der Waals surface area contributed by atoms with E-state index in [9.17, 15) is 15.0 Å². The molecular formula is C63H85N3O10. The predicted molar refractivity (Wildman–Crippen MR) is 299 cm³/mol. The van der Waals surface area contributed by atoms with Gasteiger partial charge in [0.1, 0.15) is 30.8 Å². The molecule has 76 heavy (non-hydrogen) atoms. The van der Waals surface area contributed by atoms with Crippen LogP contribution in [0, 0.1) is 17.8 Å². The largest absolute Gasteiger partial charge is 0.459 e. The van der Waals surface area contributed by atoms with Crippen molar-refractivity contribution in [2.24, 2.45) is 22.9 Å². The number of unbranched alkanes of at least 4 members (excludes halogenated alkanes) is 11. The van der Waals surface area contributed by atoms with E-state index in [1.807, 2.05) is 73.7 Å². The number of nitrogens with zero attached hydrogens (tertiary/aromatic N) is 2. The highest BCUT2D eigenvalue weighted by Crippen LogP contribution is 2.62. The van der Waals surface area contributed by atoms with E-state index >= 15 is 4.79 Å². The smallest absolute Gasteiger partial charge is 0.412 e. The monoisotopic (exact) mass is 1040 g/mol. The number of oxime groups is 1. The average molecular weight is 1040 g/mol. The van der Waals surface area contributed by atoms with E-state index < -0.39 is 29.9 Å². The molecule has 13 heteroatoms. The second-order valence-electron chi connectivity index (χ2n) is 20.6. The highest BCUT2D eigenvalue weighted by Gasteiger charge is 2.66. The number of allylic oxidation sites excluding steroid dienone is 1. The Morgan fingerprint density at radius 2 is 1.55 bits per heavy atom. The van der Waals surface area contributed by atoms with Crippen molar-refractivity contribution < 1.29 is 48.3 Å². The highest BCUT2D eigenvalue weighted by molar-refractivity contribution is 6.03. The van der Waals surface area contributed by atoms with Crippen molar-refractivity contribution >= 4 is 28.7 Å². The summed E-state index contributed by atoms with van der Waals surface area (Å²) in [7, 11) is 0. The average Bonchev–Trinajstić information content (AvgIpc) is 3.64. The van der Waals surface area contributed by atoms with Crippen molar-refractivity contribution in [3.8, 4) is 11.5 Å². The fourth-order valence-electron chi connectivity index (χ4n) is 11.8. The Bertz CT molecular complexity index is 2480. The van der Waals surface area contributed by atoms with Gasteiger partial charge in [0.15, 0.2) is 0 Å². The molecule has 412 valence electrons. The van der Waals surface area contributed by atoms with Gasteiger partial charge in [-0.2, -0.15) is 0 Å². The lowest BCUT2D eigenvalue weighted by Crippen LogP contribution is -2.70. The van der Waals surface area contributed by atoms with Gasteiger partial charge in [-0.1, -0.05) is 168 Å². The number of ether oxygens (including phenoxy) is 5. The van der Waals surface area contributed by atoms with Gasteiger partial charge in [0, 0.05) is 37.7 Å². The van der Waals surface area contributed by atoms with Crippen LogP contribution in [0.2, 0.25) is 0 Å². The van der Waals surface area contributed by atoms with Gasteiger partial charge in [0.05, 0.1) is 38.0 Å². The first-order valence-electron chi connectivity index (χ1n) is 28.5. The van der Waals surface area contributed by atoms with Crippen LogP contribution in [0.1, 0.15) is 146 Å². The predicted octanol–water partition coefficient (Wildman–Crippen LogP) is 13.4. The molecule has 4 aromatic rings. The van der Waals surface area contributed by atoms with E-state index in [4.69, 9.17) is 33.7 Å². The first kappa shape index (κ1) is 58.0. The summed E-state index contributed by atoms with van der Waals surface area (Å²) in [6.45, 7) is 10.0. The maximum absolute atomic E-state index is 15.2. The highest BCUT2D eigenvalue weighted by atomic mass is 16.7. The van der Waals surface area contributed by atoms with Crippen LogP contribution in [0.4, 0.5) is 9.59 Å². The van der Waals surface area contributed by atoms with Crippen LogP contribution >= 0.6 is 0 Å². The Balaban J connectivity index is 1.27. The van der Waals surface area contributed by atoms with Crippen molar-refractivity contribution in [1.29, 1.82) is 0 Å². The molecule has 2 aliphatic carbocycles. The molecule has 6 unspecified atom stereocenters. The van der Waals surface area contributed by atoms with Crippen molar-refractivity contribution in [2.75, 3.05) is 46.2 Å². The minimum atomic E-state index is -1.53. The molecule has 1 heterocycles. The molecular weight excluding hydrogens is 959 g/mol. The second kappa shape index (κ2) is 30.9. The first-order valence-corrected chi connectivity index (χ1v) is 28.5. The number of rotatable bonds is 33. The summed E-state index contributed by atoms with van der Waals surface area (Å²) < 4.78 is 33.0. The molecule has 3 aliphatic rings. The fraction of sp³-hybridized carbons (Fsp3) is 0.540. The van der Waals surface area contributed by atoms with Gasteiger partial charge in [0.2, 0.25) is 5.79 Å². The molecule has 0 spiro atoms. The molecule has 1 fully saturated rings. The molecule has 0 radical (unpaired) electrons. The topological polar surface area (TPSA) is 158 Å². The standard InChI is InChI=1S/C63H85N3O10/c1-4-7-8-9-10-11-12-13-14-22-36-64-61(69)75-51-34-35-57-55(43-51)59-53(33-21-24-38-68)49(29-20-23-37-67)42-54-56(65-74-6-3)44-58(63(76-57,60(54)59)73-39-5-2)66(45-50-31-25-30-48-28-18-19-32-52(48)50)62(70)72-41-40-71-46-47-26-16-15-17-27-47/h5,15-19,25-28,30-32,34-35,42-43,49,53,58-60,67-68H,2,4,6-14,20-24,29,33,36-41,44-46H2,1,3H3,(H,64,69). The van der Waals surface area contributed by atoms with Gasteiger partial charge in [-0.25, -0.2) is 9.59 Å². The van der Waals surface area contributed by atoms with Gasteiger partial charge >= 0.3 is 12.2 Å². The molecule has 2 amide bonds. The minimum Gasteiger partial charge on any atom is -0.459 e. The summed E-state index contributed by atoms with van der Waals surface area (Å²) in [6, 6.07) is 28.8. The summed E-state index contributed by atoms with van der Waals surface area (Å²) in [5.41, 5.74) is 4.36. The number of fused-ring (bicyclic) bond motifs is 3. The number of carbonyl (C=O) groups excluding carboxylic acids is 2. The van der Waals surface area contributed by atoms with E-state index in [1.165, 1.54) is 44.9 Å². The lowest BCUT2D eigenvalue weighted by molar-refractivity contribution is -0.256. The van der Waals surface area contributed by atoms with Gasteiger partial charge in [-0.05, 0) is 96.5 Å². The quantitative estimate of drug-likeness (QED) is 0.0238. The van der Waals surface area contributed by atoms with Crippen molar-refractivity contribution in [2.45, 2.75) is 154 Å². The molecule has 13 nitrogen and oxygen atoms in total. The second-order valence-corrected chi connectivity index (χ2v) is 20.6. The van der Waals surface area contributed by atoms with Crippen molar-refractivity contribution in [3.05, 3.63) is 132 Å². The Morgan fingerprint density at radius 3 is 2.30 bits per heavy atom. The van der Waals surface area contributed by atoms with Gasteiger partial charge in [0.25, 0.3) is 0 Å². The third-order valence-corrected chi connectivity index (χ3v) is 15.4. The summed E-state index contributed by atoms with van der Waals surface area (Å²) in [5, 5.41) is 30.0. The molecule has 1 aliphatic heterocycles. The molecule has 0 bridgehead atoms. The molecule has 1 saturated carbocycles. The third-order valence-electron chi connectivity index (χ3n) is 15.4. The van der Waals surface area contributed by atoms with E-state index in [1.54, 1.807) is 17.0 Å². The van der Waals surface area contributed by atoms with Crippen LogP contribution in [-0.2, 0) is 32.2 Å². The lowest BCUT2D eigenvalue weighted by atomic mass is 9.55. The Morgan fingerprint density at radius 1 is 0.829 bits per heavy atom. The van der Waals surface area contributed by atoms with Crippen LogP contribution in [0.25, 0.3) is 10.8 Å². The molecule has 7 rings (SSSR count). The Labute approximate surface area is 452 Å². The number of amides is 2. The number of nitrogens with one attached hydrogen (secondary N) is 1. The SMILES string of the molecule is C=CCOC12Oc3ccc(OC(=O)NCCCCCCCCCCCC)cc3C3C(CCCCO)C(CCCCO)C=C(C(=NOCC)CC1N(Cc1cccc4ccccc14)C(=O)OCCOCc1ccccc1)C32. The summed E-state index contributed by atoms with van der Waals surface area (Å²) in [6.07, 6.45) is 19.6. The summed E-state index contributed by atoms with van der Waals surface area (Å²) >= 11 is 0. The zero-order valence-corrected chi connectivity index (χ0v) is 45.3. The van der Waals surface area contributed by atoms with E-state index in [-0.39, 0.29) is 63.8 Å². The van der Waals surface area contributed by atoms with Crippen molar-refractivity contribution in [3.63, 3.8) is 0 Å². The first-order chi connectivity index (χ1) is 37.3. The van der Waals surface area contributed by atoms with Crippen LogP contribution < -0.4 is 14.8 Å². The van der Waals surface area contributed by atoms with Gasteiger partial charge in [-0.15, -0.1) is 6.58 Å². The normalized spacial score (nSPS) is 21.0. The summed E-state index contributed by atoms with van der Waals surface area (Å²) in [4.78, 5) is 36.4. The number of hydrogen-bond donors (Lipinski definition) is 3. The van der Waals surface area contributed by atoms with Crippen LogP contribution in [0.5, 0.6) is 11.5 Å². The number of aliphatic hydroxyl groups is 2. The van der Waals surface area contributed by atoms with Crippen LogP contribution in [0.3, 0.4) is 0 Å². The molecule has 0 saturated heterocycles. The number of hydrogen-bond acceptors (Lipinski definition) is 11. The number of benzene rings is 4. The molecule has 4 aromatic carbocycles. The van der Waals surface area contributed by atoms with E-state index in [0.29, 0.717) is 49.8 Å². The number of aliphatic hydroxyl groups excluding tert-OH is 2. The Kier molecular flexibility index (Phi) is 23.5. The minimum absolute atomic E-state index is 0.00376. The Hall–Kier alpha value is -5.73. The third kappa shape index (κ3) is 15.5. The molecule has 6 atom stereocenters.